The first-order chi connectivity index (χ1) is 15.1. The van der Waals surface area contributed by atoms with Crippen LogP contribution in [0.2, 0.25) is 0 Å². The van der Waals surface area contributed by atoms with E-state index < -0.39 is 11.3 Å². The lowest BCUT2D eigenvalue weighted by Gasteiger charge is -2.46. The van der Waals surface area contributed by atoms with E-state index in [9.17, 15) is 20.6 Å². The zero-order valence-electron chi connectivity index (χ0n) is 18.6. The molecule has 164 valence electrons. The largest absolute Gasteiger partial charge is 0.484 e. The van der Waals surface area contributed by atoms with E-state index in [1.165, 1.54) is 0 Å². The van der Waals surface area contributed by atoms with Crippen LogP contribution in [-0.2, 0) is 4.79 Å². The van der Waals surface area contributed by atoms with Crippen LogP contribution in [0.15, 0.2) is 47.2 Å². The van der Waals surface area contributed by atoms with Crippen LogP contribution in [0.4, 0.5) is 0 Å². The van der Waals surface area contributed by atoms with Crippen molar-refractivity contribution in [1.82, 2.24) is 0 Å². The molecule has 1 amide bonds. The summed E-state index contributed by atoms with van der Waals surface area (Å²) in [6.45, 7) is 6.30. The Labute approximate surface area is 188 Å². The summed E-state index contributed by atoms with van der Waals surface area (Å²) < 4.78 is 5.35. The Balaban J connectivity index is 2.14. The summed E-state index contributed by atoms with van der Waals surface area (Å²) in [5.41, 5.74) is 11.7. The highest BCUT2D eigenvalue weighted by molar-refractivity contribution is 5.75. The normalized spacial score (nSPS) is 24.2. The number of hydrogen-bond donors (Lipinski definition) is 2. The summed E-state index contributed by atoms with van der Waals surface area (Å²) in [6.07, 6.45) is 3.49. The lowest BCUT2D eigenvalue weighted by molar-refractivity contribution is -0.119. The zero-order valence-corrected chi connectivity index (χ0v) is 18.6. The molecule has 2 aliphatic rings. The first-order valence-corrected chi connectivity index (χ1v) is 10.5. The van der Waals surface area contributed by atoms with Gasteiger partial charge in [0, 0.05) is 5.92 Å². The highest BCUT2D eigenvalue weighted by Gasteiger charge is 2.53. The van der Waals surface area contributed by atoms with Gasteiger partial charge in [0.2, 0.25) is 5.41 Å². The molecule has 0 aromatic heterocycles. The Morgan fingerprint density at radius 1 is 1.19 bits per heavy atom. The topological polar surface area (TPSA) is 150 Å². The average Bonchev–Trinajstić information content (AvgIpc) is 2.77. The molecule has 0 heterocycles. The van der Waals surface area contributed by atoms with Crippen molar-refractivity contribution < 1.29 is 9.53 Å². The third kappa shape index (κ3) is 3.81. The van der Waals surface area contributed by atoms with E-state index in [0.717, 1.165) is 18.4 Å². The molecule has 4 N–H and O–H groups in total. The number of benzene rings is 1. The van der Waals surface area contributed by atoms with E-state index in [2.05, 4.69) is 39.0 Å². The van der Waals surface area contributed by atoms with Gasteiger partial charge in [-0.05, 0) is 53.4 Å². The number of allylic oxidation sites excluding steroid dienone is 3. The van der Waals surface area contributed by atoms with Crippen molar-refractivity contribution in [1.29, 1.82) is 15.8 Å². The molecular weight excluding hydrogens is 402 g/mol. The van der Waals surface area contributed by atoms with Gasteiger partial charge >= 0.3 is 0 Å². The van der Waals surface area contributed by atoms with Crippen LogP contribution in [0, 0.1) is 56.7 Å². The SMILES string of the molecule is CC(C)(C)C1CC=C2[C@H](C1)[C@@H](c1ccc(OCC(N)=O)cc1)C(C#N)=C(N)C2(C#N)C#N. The van der Waals surface area contributed by atoms with E-state index in [0.29, 0.717) is 17.2 Å². The quantitative estimate of drug-likeness (QED) is 0.700. The summed E-state index contributed by atoms with van der Waals surface area (Å²) in [5.74, 6) is -0.345. The number of amides is 1. The second kappa shape index (κ2) is 8.40. The predicted molar refractivity (Wildman–Crippen MR) is 118 cm³/mol. The fraction of sp³-hybridized carbons (Fsp3) is 0.440. The molecule has 3 rings (SSSR count). The van der Waals surface area contributed by atoms with Crippen molar-refractivity contribution in [3.8, 4) is 24.0 Å². The lowest BCUT2D eigenvalue weighted by atomic mass is 9.55. The minimum Gasteiger partial charge on any atom is -0.484 e. The van der Waals surface area contributed by atoms with Crippen molar-refractivity contribution >= 4 is 5.91 Å². The van der Waals surface area contributed by atoms with Crippen LogP contribution in [0.3, 0.4) is 0 Å². The summed E-state index contributed by atoms with van der Waals surface area (Å²) in [7, 11) is 0. The molecule has 0 radical (unpaired) electrons. The van der Waals surface area contributed by atoms with E-state index >= 15 is 0 Å². The third-order valence-electron chi connectivity index (χ3n) is 6.70. The number of nitrogens with zero attached hydrogens (tertiary/aromatic N) is 3. The third-order valence-corrected chi connectivity index (χ3v) is 6.70. The van der Waals surface area contributed by atoms with Gasteiger partial charge in [-0.1, -0.05) is 39.0 Å². The van der Waals surface area contributed by atoms with Crippen LogP contribution < -0.4 is 16.2 Å². The van der Waals surface area contributed by atoms with Crippen molar-refractivity contribution in [3.63, 3.8) is 0 Å². The second-order valence-electron chi connectivity index (χ2n) is 9.51. The van der Waals surface area contributed by atoms with Crippen molar-refractivity contribution in [3.05, 3.63) is 52.7 Å². The average molecular weight is 430 g/mol. The predicted octanol–water partition coefficient (Wildman–Crippen LogP) is 3.42. The Hall–Kier alpha value is -3.76. The first-order valence-electron chi connectivity index (χ1n) is 10.5. The number of nitriles is 3. The Morgan fingerprint density at radius 3 is 2.31 bits per heavy atom. The number of ether oxygens (including phenoxy) is 1. The summed E-state index contributed by atoms with van der Waals surface area (Å²) >= 11 is 0. The van der Waals surface area contributed by atoms with Gasteiger partial charge in [0.25, 0.3) is 5.91 Å². The molecule has 7 heteroatoms. The molecule has 0 fully saturated rings. The van der Waals surface area contributed by atoms with Gasteiger partial charge in [-0.2, -0.15) is 15.8 Å². The first kappa shape index (κ1) is 22.9. The smallest absolute Gasteiger partial charge is 0.255 e. The molecule has 1 unspecified atom stereocenters. The molecule has 2 aliphatic carbocycles. The monoisotopic (exact) mass is 429 g/mol. The van der Waals surface area contributed by atoms with Gasteiger partial charge in [-0.25, -0.2) is 0 Å². The molecule has 3 atom stereocenters. The van der Waals surface area contributed by atoms with Crippen LogP contribution >= 0.6 is 0 Å². The summed E-state index contributed by atoms with van der Waals surface area (Å²) in [6, 6.07) is 13.5. The maximum absolute atomic E-state index is 11.0. The van der Waals surface area contributed by atoms with Gasteiger partial charge in [0.15, 0.2) is 6.61 Å². The van der Waals surface area contributed by atoms with Gasteiger partial charge in [0.05, 0.1) is 29.5 Å². The molecule has 0 saturated heterocycles. The number of rotatable bonds is 4. The number of carbonyl (C=O) groups is 1. The molecule has 7 nitrogen and oxygen atoms in total. The van der Waals surface area contributed by atoms with Crippen LogP contribution in [-0.4, -0.2) is 12.5 Å². The Bertz CT molecular complexity index is 1090. The minimum atomic E-state index is -1.63. The van der Waals surface area contributed by atoms with Crippen molar-refractivity contribution in [2.45, 2.75) is 39.5 Å². The molecular formula is C25H27N5O2. The van der Waals surface area contributed by atoms with E-state index in [4.69, 9.17) is 16.2 Å². The zero-order chi connectivity index (χ0) is 23.7. The number of nitrogens with two attached hydrogens (primary N) is 2. The summed E-state index contributed by atoms with van der Waals surface area (Å²) in [4.78, 5) is 11.0. The van der Waals surface area contributed by atoms with Gasteiger partial charge in [0.1, 0.15) is 5.75 Å². The lowest BCUT2D eigenvalue weighted by Crippen LogP contribution is -2.43. The summed E-state index contributed by atoms with van der Waals surface area (Å²) in [5, 5.41) is 30.0. The van der Waals surface area contributed by atoms with Crippen LogP contribution in [0.5, 0.6) is 5.75 Å². The van der Waals surface area contributed by atoms with Crippen LogP contribution in [0.25, 0.3) is 0 Å². The standard InChI is InChI=1S/C25H27N5O2/c1-24(2,3)16-6-9-20-18(10-16)22(19(11-26)23(30)25(20,13-27)14-28)15-4-7-17(8-5-15)32-12-21(29)31/h4-5,7-9,16,18,22H,6,10,12,30H2,1-3H3,(H2,29,31)/t16?,18-,22+/m0/s1. The number of hydrogen-bond acceptors (Lipinski definition) is 6. The molecule has 0 saturated carbocycles. The number of fused-ring (bicyclic) bond motifs is 1. The molecule has 1 aromatic rings. The maximum atomic E-state index is 11.0. The van der Waals surface area contributed by atoms with Gasteiger partial charge < -0.3 is 16.2 Å². The minimum absolute atomic E-state index is 0.0146. The molecule has 0 aliphatic heterocycles. The van der Waals surface area contributed by atoms with Crippen molar-refractivity contribution in [2.24, 2.45) is 34.1 Å². The highest BCUT2D eigenvalue weighted by Crippen LogP contribution is 2.57. The van der Waals surface area contributed by atoms with Gasteiger partial charge in [-0.15, -0.1) is 0 Å². The maximum Gasteiger partial charge on any atom is 0.255 e. The fourth-order valence-electron chi connectivity index (χ4n) is 4.86. The molecule has 32 heavy (non-hydrogen) atoms. The van der Waals surface area contributed by atoms with E-state index in [1.807, 2.05) is 18.2 Å². The number of primary amides is 1. The van der Waals surface area contributed by atoms with Crippen LogP contribution in [0.1, 0.15) is 45.1 Å². The fourth-order valence-corrected chi connectivity index (χ4v) is 4.86. The van der Waals surface area contributed by atoms with Crippen molar-refractivity contribution in [2.75, 3.05) is 6.61 Å². The van der Waals surface area contributed by atoms with Gasteiger partial charge in [-0.3, -0.25) is 4.79 Å². The molecule has 0 spiro atoms. The molecule has 1 aromatic carbocycles. The second-order valence-corrected chi connectivity index (χ2v) is 9.51. The highest BCUT2D eigenvalue weighted by atomic mass is 16.5. The Kier molecular flexibility index (Phi) is 6.02. The Morgan fingerprint density at radius 2 is 1.81 bits per heavy atom. The van der Waals surface area contributed by atoms with E-state index in [-0.39, 0.29) is 35.1 Å². The number of carbonyl (C=O) groups excluding carboxylic acids is 1. The molecule has 0 bridgehead atoms. The van der Waals surface area contributed by atoms with E-state index in [1.54, 1.807) is 12.1 Å².